The molecule has 23 heavy (non-hydrogen) atoms. The van der Waals surface area contributed by atoms with Gasteiger partial charge < -0.3 is 10.8 Å². The van der Waals surface area contributed by atoms with Crippen molar-refractivity contribution in [1.82, 2.24) is 19.7 Å². The highest BCUT2D eigenvalue weighted by molar-refractivity contribution is 5.90. The van der Waals surface area contributed by atoms with Crippen LogP contribution in [-0.4, -0.2) is 31.5 Å². The minimum atomic E-state index is 0.00349. The summed E-state index contributed by atoms with van der Waals surface area (Å²) >= 11 is 0. The van der Waals surface area contributed by atoms with Gasteiger partial charge in [-0.3, -0.25) is 4.98 Å². The van der Waals surface area contributed by atoms with Gasteiger partial charge >= 0.3 is 0 Å². The Morgan fingerprint density at radius 2 is 2.00 bits per heavy atom. The molecule has 3 heterocycles. The van der Waals surface area contributed by atoms with Gasteiger partial charge in [0, 0.05) is 18.0 Å². The molecule has 0 fully saturated rings. The Kier molecular flexibility index (Phi) is 4.25. The highest BCUT2D eigenvalue weighted by Gasteiger charge is 2.16. The first-order chi connectivity index (χ1) is 11.1. The number of nitrogens with two attached hydrogens (primary N) is 1. The van der Waals surface area contributed by atoms with E-state index in [9.17, 15) is 5.11 Å². The van der Waals surface area contributed by atoms with Gasteiger partial charge in [0.05, 0.1) is 24.2 Å². The number of aromatic nitrogens is 4. The summed E-state index contributed by atoms with van der Waals surface area (Å²) in [5.74, 6) is 0.916. The molecule has 120 valence electrons. The van der Waals surface area contributed by atoms with Gasteiger partial charge in [-0.1, -0.05) is 13.8 Å². The molecular formula is C17H21N5O. The number of anilines is 1. The molecule has 3 aromatic rings. The Bertz CT molecular complexity index is 811. The third-order valence-electron chi connectivity index (χ3n) is 3.73. The molecule has 3 rings (SSSR count). The van der Waals surface area contributed by atoms with Crippen LogP contribution in [0.1, 0.15) is 19.5 Å². The molecule has 6 heteroatoms. The molecule has 0 atom stereocenters. The van der Waals surface area contributed by atoms with E-state index in [2.05, 4.69) is 23.9 Å². The maximum atomic E-state index is 9.20. The summed E-state index contributed by atoms with van der Waals surface area (Å²) in [6.07, 6.45) is 4.41. The second kappa shape index (κ2) is 6.34. The van der Waals surface area contributed by atoms with E-state index >= 15 is 0 Å². The van der Waals surface area contributed by atoms with Crippen molar-refractivity contribution < 1.29 is 5.11 Å². The zero-order valence-corrected chi connectivity index (χ0v) is 13.4. The molecule has 0 aliphatic rings. The lowest BCUT2D eigenvalue weighted by Gasteiger charge is -2.12. The van der Waals surface area contributed by atoms with Crippen LogP contribution in [0, 0.1) is 5.92 Å². The van der Waals surface area contributed by atoms with Crippen molar-refractivity contribution >= 4 is 16.9 Å². The molecule has 0 aliphatic carbocycles. The van der Waals surface area contributed by atoms with Crippen LogP contribution >= 0.6 is 0 Å². The molecule has 6 nitrogen and oxygen atoms in total. The van der Waals surface area contributed by atoms with Crippen molar-refractivity contribution in [1.29, 1.82) is 0 Å². The highest BCUT2D eigenvalue weighted by Crippen LogP contribution is 2.30. The van der Waals surface area contributed by atoms with Crippen LogP contribution in [-0.2, 0) is 13.0 Å². The standard InChI is InChI=1S/C17H21N5O/c1-11(2)9-15-13(12-3-5-19-6-4-12)10-14-16(18)21-22(7-8-23)17(14)20-15/h3-6,10-11,23H,7-9H2,1-2H3,(H2,18,21). The number of nitrogen functional groups attached to an aromatic ring is 1. The quantitative estimate of drug-likeness (QED) is 0.754. The van der Waals surface area contributed by atoms with Crippen LogP contribution in [0.4, 0.5) is 5.82 Å². The Labute approximate surface area is 135 Å². The normalized spacial score (nSPS) is 11.5. The van der Waals surface area contributed by atoms with E-state index in [0.717, 1.165) is 34.3 Å². The maximum absolute atomic E-state index is 9.20. The van der Waals surface area contributed by atoms with E-state index in [1.165, 1.54) is 0 Å². The number of nitrogens with zero attached hydrogens (tertiary/aromatic N) is 4. The summed E-state index contributed by atoms with van der Waals surface area (Å²) < 4.78 is 1.67. The number of hydrogen-bond acceptors (Lipinski definition) is 5. The lowest BCUT2D eigenvalue weighted by atomic mass is 9.98. The predicted molar refractivity (Wildman–Crippen MR) is 90.8 cm³/mol. The fourth-order valence-corrected chi connectivity index (χ4v) is 2.73. The van der Waals surface area contributed by atoms with Gasteiger partial charge in [0.15, 0.2) is 11.5 Å². The molecule has 3 aromatic heterocycles. The molecule has 0 radical (unpaired) electrons. The minimum absolute atomic E-state index is 0.00349. The monoisotopic (exact) mass is 311 g/mol. The molecular weight excluding hydrogens is 290 g/mol. The summed E-state index contributed by atoms with van der Waals surface area (Å²) in [5, 5.41) is 14.3. The highest BCUT2D eigenvalue weighted by atomic mass is 16.3. The third kappa shape index (κ3) is 3.03. The van der Waals surface area contributed by atoms with Gasteiger partial charge in [0.25, 0.3) is 0 Å². The Hall–Kier alpha value is -2.47. The average molecular weight is 311 g/mol. The van der Waals surface area contributed by atoms with E-state index in [1.54, 1.807) is 17.1 Å². The molecule has 0 amide bonds. The molecule has 0 saturated carbocycles. The Morgan fingerprint density at radius 3 is 2.65 bits per heavy atom. The van der Waals surface area contributed by atoms with Gasteiger partial charge in [-0.05, 0) is 36.1 Å². The van der Waals surface area contributed by atoms with E-state index in [-0.39, 0.29) is 6.61 Å². The molecule has 0 aliphatic heterocycles. The third-order valence-corrected chi connectivity index (χ3v) is 3.73. The molecule has 0 saturated heterocycles. The van der Waals surface area contributed by atoms with Crippen LogP contribution in [0.25, 0.3) is 22.2 Å². The van der Waals surface area contributed by atoms with Crippen molar-refractivity contribution in [2.24, 2.45) is 5.92 Å². The molecule has 0 aromatic carbocycles. The number of aliphatic hydroxyl groups excluding tert-OH is 1. The van der Waals surface area contributed by atoms with E-state index in [4.69, 9.17) is 10.7 Å². The zero-order chi connectivity index (χ0) is 16.4. The Balaban J connectivity index is 2.23. The fraction of sp³-hybridized carbons (Fsp3) is 0.353. The lowest BCUT2D eigenvalue weighted by Crippen LogP contribution is -2.07. The second-order valence-corrected chi connectivity index (χ2v) is 6.02. The smallest absolute Gasteiger partial charge is 0.160 e. The summed E-state index contributed by atoms with van der Waals surface area (Å²) in [6.45, 7) is 4.73. The number of hydrogen-bond donors (Lipinski definition) is 2. The number of aliphatic hydroxyl groups is 1. The topological polar surface area (TPSA) is 89.9 Å². The van der Waals surface area contributed by atoms with Crippen LogP contribution in [0.3, 0.4) is 0 Å². The number of rotatable bonds is 5. The van der Waals surface area contributed by atoms with Crippen molar-refractivity contribution in [2.75, 3.05) is 12.3 Å². The van der Waals surface area contributed by atoms with E-state index < -0.39 is 0 Å². The van der Waals surface area contributed by atoms with Crippen molar-refractivity contribution in [3.05, 3.63) is 36.3 Å². The van der Waals surface area contributed by atoms with Crippen LogP contribution < -0.4 is 5.73 Å². The van der Waals surface area contributed by atoms with Gasteiger partial charge in [-0.25, -0.2) is 9.67 Å². The van der Waals surface area contributed by atoms with Crippen LogP contribution in [0.2, 0.25) is 0 Å². The predicted octanol–water partition coefficient (Wildman–Crippen LogP) is 2.27. The molecule has 0 bridgehead atoms. The number of fused-ring (bicyclic) bond motifs is 1. The first-order valence-corrected chi connectivity index (χ1v) is 7.77. The summed E-state index contributed by atoms with van der Waals surface area (Å²) in [5.41, 5.74) is 9.91. The SMILES string of the molecule is CC(C)Cc1nc2c(cc1-c1ccncc1)c(N)nn2CCO. The van der Waals surface area contributed by atoms with Crippen LogP contribution in [0.15, 0.2) is 30.6 Å². The molecule has 3 N–H and O–H groups in total. The van der Waals surface area contributed by atoms with Crippen molar-refractivity contribution in [2.45, 2.75) is 26.8 Å². The summed E-state index contributed by atoms with van der Waals surface area (Å²) in [7, 11) is 0. The largest absolute Gasteiger partial charge is 0.394 e. The summed E-state index contributed by atoms with van der Waals surface area (Å²) in [4.78, 5) is 8.90. The first-order valence-electron chi connectivity index (χ1n) is 7.77. The molecule has 0 unspecified atom stereocenters. The van der Waals surface area contributed by atoms with Gasteiger partial charge in [-0.15, -0.1) is 0 Å². The average Bonchev–Trinajstić information content (AvgIpc) is 2.83. The van der Waals surface area contributed by atoms with Gasteiger partial charge in [0.2, 0.25) is 0 Å². The van der Waals surface area contributed by atoms with Crippen LogP contribution in [0.5, 0.6) is 0 Å². The van der Waals surface area contributed by atoms with Gasteiger partial charge in [0.1, 0.15) is 0 Å². The van der Waals surface area contributed by atoms with Gasteiger partial charge in [-0.2, -0.15) is 5.10 Å². The zero-order valence-electron chi connectivity index (χ0n) is 13.4. The fourth-order valence-electron chi connectivity index (χ4n) is 2.73. The summed E-state index contributed by atoms with van der Waals surface area (Å²) in [6, 6.07) is 5.99. The first kappa shape index (κ1) is 15.4. The molecule has 0 spiro atoms. The van der Waals surface area contributed by atoms with Crippen molar-refractivity contribution in [3.63, 3.8) is 0 Å². The minimum Gasteiger partial charge on any atom is -0.394 e. The second-order valence-electron chi connectivity index (χ2n) is 6.02. The lowest BCUT2D eigenvalue weighted by molar-refractivity contribution is 0.271. The Morgan fingerprint density at radius 1 is 1.26 bits per heavy atom. The van der Waals surface area contributed by atoms with E-state index in [1.807, 2.05) is 18.2 Å². The van der Waals surface area contributed by atoms with E-state index in [0.29, 0.717) is 18.3 Å². The number of pyridine rings is 2. The maximum Gasteiger partial charge on any atom is 0.160 e. The van der Waals surface area contributed by atoms with Crippen molar-refractivity contribution in [3.8, 4) is 11.1 Å².